The molecular formula is C31H44N4O3. The fourth-order valence-corrected chi connectivity index (χ4v) is 6.69. The van der Waals surface area contributed by atoms with Crippen molar-refractivity contribution in [3.8, 4) is 11.1 Å². The number of hydrogen-bond donors (Lipinski definition) is 5. The van der Waals surface area contributed by atoms with Crippen LogP contribution in [0, 0.1) is 0 Å². The predicted octanol–water partition coefficient (Wildman–Crippen LogP) is 4.36. The van der Waals surface area contributed by atoms with E-state index in [1.807, 2.05) is 62.4 Å². The first kappa shape index (κ1) is 28.3. The fourth-order valence-electron chi connectivity index (χ4n) is 6.69. The summed E-state index contributed by atoms with van der Waals surface area (Å²) in [6.45, 7) is 14.5. The largest absolute Gasteiger partial charge is 0.376 e. The second kappa shape index (κ2) is 10.1. The van der Waals surface area contributed by atoms with Crippen LogP contribution in [0.3, 0.4) is 0 Å². The number of carbonyl (C=O) groups is 2. The van der Waals surface area contributed by atoms with Crippen molar-refractivity contribution in [3.63, 3.8) is 0 Å². The average Bonchev–Trinajstić information content (AvgIpc) is 2.75. The van der Waals surface area contributed by atoms with Crippen LogP contribution in [0.2, 0.25) is 0 Å². The van der Waals surface area contributed by atoms with Gasteiger partial charge in [-0.3, -0.25) is 14.9 Å². The molecule has 0 radical (unpaired) electrons. The molecule has 2 saturated heterocycles. The van der Waals surface area contributed by atoms with Gasteiger partial charge in [0.15, 0.2) is 0 Å². The molecule has 0 aromatic heterocycles. The Bertz CT molecular complexity index is 1040. The minimum atomic E-state index is -1.02. The van der Waals surface area contributed by atoms with Crippen LogP contribution in [-0.2, 0) is 0 Å². The predicted molar refractivity (Wildman–Crippen MR) is 152 cm³/mol. The SMILES string of the molecule is CC1(C)CC(NC(=O)c2ccc(-c3ccc(C(=O)NC4CC(C)(C)NC(C)(O)C4)cc3)cc2)CC(C)(C)N1. The van der Waals surface area contributed by atoms with Crippen LogP contribution in [0.4, 0.5) is 0 Å². The smallest absolute Gasteiger partial charge is 0.251 e. The van der Waals surface area contributed by atoms with E-state index in [-0.39, 0.29) is 40.5 Å². The van der Waals surface area contributed by atoms with Gasteiger partial charge in [0.2, 0.25) is 0 Å². The Hall–Kier alpha value is -2.74. The number of amides is 2. The van der Waals surface area contributed by atoms with E-state index in [1.165, 1.54) is 0 Å². The number of hydrogen-bond acceptors (Lipinski definition) is 5. The molecule has 2 heterocycles. The maximum Gasteiger partial charge on any atom is 0.251 e. The van der Waals surface area contributed by atoms with Gasteiger partial charge in [0.1, 0.15) is 5.72 Å². The van der Waals surface area contributed by atoms with Crippen molar-refractivity contribution in [3.05, 3.63) is 59.7 Å². The summed E-state index contributed by atoms with van der Waals surface area (Å²) in [5.74, 6) is -0.200. The maximum absolute atomic E-state index is 13.0. The van der Waals surface area contributed by atoms with Gasteiger partial charge in [0, 0.05) is 46.2 Å². The van der Waals surface area contributed by atoms with E-state index in [4.69, 9.17) is 0 Å². The molecule has 5 N–H and O–H groups in total. The van der Waals surface area contributed by atoms with Gasteiger partial charge in [-0.15, -0.1) is 0 Å². The number of nitrogens with one attached hydrogen (secondary N) is 4. The molecule has 2 aromatic rings. The Morgan fingerprint density at radius 1 is 0.632 bits per heavy atom. The van der Waals surface area contributed by atoms with Crippen molar-refractivity contribution in [1.29, 1.82) is 0 Å². The van der Waals surface area contributed by atoms with E-state index >= 15 is 0 Å². The van der Waals surface area contributed by atoms with Crippen LogP contribution in [0.15, 0.2) is 48.5 Å². The van der Waals surface area contributed by atoms with Gasteiger partial charge in [0.25, 0.3) is 11.8 Å². The monoisotopic (exact) mass is 520 g/mol. The van der Waals surface area contributed by atoms with Gasteiger partial charge < -0.3 is 21.1 Å². The van der Waals surface area contributed by atoms with E-state index in [0.717, 1.165) is 30.4 Å². The van der Waals surface area contributed by atoms with Crippen LogP contribution in [-0.4, -0.2) is 51.3 Å². The molecule has 2 aliphatic rings. The third kappa shape index (κ3) is 7.22. The van der Waals surface area contributed by atoms with Crippen molar-refractivity contribution in [2.45, 2.75) is 109 Å². The highest BCUT2D eigenvalue weighted by molar-refractivity contribution is 5.96. The van der Waals surface area contributed by atoms with E-state index in [2.05, 4.69) is 49.0 Å². The van der Waals surface area contributed by atoms with Gasteiger partial charge in [0.05, 0.1) is 0 Å². The zero-order valence-corrected chi connectivity index (χ0v) is 23.9. The van der Waals surface area contributed by atoms with Gasteiger partial charge in [-0.1, -0.05) is 24.3 Å². The number of piperidine rings is 2. The summed E-state index contributed by atoms with van der Waals surface area (Å²) < 4.78 is 0. The molecule has 2 unspecified atom stereocenters. The Kier molecular flexibility index (Phi) is 7.51. The minimum Gasteiger partial charge on any atom is -0.376 e. The fraction of sp³-hybridized carbons (Fsp3) is 0.548. The highest BCUT2D eigenvalue weighted by atomic mass is 16.3. The normalized spacial score (nSPS) is 26.4. The van der Waals surface area contributed by atoms with Crippen LogP contribution in [0.25, 0.3) is 11.1 Å². The van der Waals surface area contributed by atoms with Crippen LogP contribution < -0.4 is 21.3 Å². The van der Waals surface area contributed by atoms with Gasteiger partial charge in [-0.25, -0.2) is 0 Å². The summed E-state index contributed by atoms with van der Waals surface area (Å²) in [5.41, 5.74) is 1.82. The molecule has 2 amide bonds. The highest BCUT2D eigenvalue weighted by Crippen LogP contribution is 2.29. The van der Waals surface area contributed by atoms with E-state index in [0.29, 0.717) is 17.5 Å². The Morgan fingerprint density at radius 3 is 1.34 bits per heavy atom. The van der Waals surface area contributed by atoms with Crippen LogP contribution in [0.1, 0.15) is 94.9 Å². The van der Waals surface area contributed by atoms with Crippen molar-refractivity contribution in [1.82, 2.24) is 21.3 Å². The van der Waals surface area contributed by atoms with E-state index < -0.39 is 5.72 Å². The molecule has 7 nitrogen and oxygen atoms in total. The third-order valence-corrected chi connectivity index (χ3v) is 7.50. The summed E-state index contributed by atoms with van der Waals surface area (Å²) in [7, 11) is 0. The summed E-state index contributed by atoms with van der Waals surface area (Å²) in [5, 5.41) is 23.7. The molecule has 2 fully saturated rings. The lowest BCUT2D eigenvalue weighted by molar-refractivity contribution is -0.0465. The van der Waals surface area contributed by atoms with E-state index in [1.54, 1.807) is 6.92 Å². The summed E-state index contributed by atoms with van der Waals surface area (Å²) in [6.07, 6.45) is 2.96. The zero-order chi connectivity index (χ0) is 27.9. The van der Waals surface area contributed by atoms with Gasteiger partial charge in [-0.05, 0) is 103 Å². The van der Waals surface area contributed by atoms with Crippen molar-refractivity contribution in [2.75, 3.05) is 0 Å². The Labute approximate surface area is 227 Å². The summed E-state index contributed by atoms with van der Waals surface area (Å²) in [6, 6.07) is 15.1. The molecule has 0 saturated carbocycles. The molecule has 206 valence electrons. The molecule has 0 bridgehead atoms. The Morgan fingerprint density at radius 2 is 0.974 bits per heavy atom. The van der Waals surface area contributed by atoms with Gasteiger partial charge >= 0.3 is 0 Å². The molecule has 2 aromatic carbocycles. The minimum absolute atomic E-state index is 0.0315. The first-order valence-corrected chi connectivity index (χ1v) is 13.6. The van der Waals surface area contributed by atoms with Crippen molar-refractivity contribution >= 4 is 11.8 Å². The first-order chi connectivity index (χ1) is 17.5. The zero-order valence-electron chi connectivity index (χ0n) is 23.9. The quantitative estimate of drug-likeness (QED) is 0.403. The molecular weight excluding hydrogens is 476 g/mol. The number of carbonyl (C=O) groups excluding carboxylic acids is 2. The number of aliphatic hydroxyl groups is 1. The van der Waals surface area contributed by atoms with Crippen molar-refractivity contribution < 1.29 is 14.7 Å². The summed E-state index contributed by atoms with van der Waals surface area (Å²) in [4.78, 5) is 25.8. The lowest BCUT2D eigenvalue weighted by atomic mass is 9.79. The van der Waals surface area contributed by atoms with Gasteiger partial charge in [-0.2, -0.15) is 0 Å². The second-order valence-electron chi connectivity index (χ2n) is 13.5. The third-order valence-electron chi connectivity index (χ3n) is 7.50. The van der Waals surface area contributed by atoms with Crippen LogP contribution in [0.5, 0.6) is 0 Å². The average molecular weight is 521 g/mol. The molecule has 0 aliphatic carbocycles. The van der Waals surface area contributed by atoms with Crippen LogP contribution >= 0.6 is 0 Å². The lowest BCUT2D eigenvalue weighted by Crippen LogP contribution is -2.63. The topological polar surface area (TPSA) is 102 Å². The molecule has 2 atom stereocenters. The Balaban J connectivity index is 1.37. The number of rotatable bonds is 5. The molecule has 0 spiro atoms. The second-order valence-corrected chi connectivity index (χ2v) is 13.5. The van der Waals surface area contributed by atoms with Crippen molar-refractivity contribution in [2.24, 2.45) is 0 Å². The molecule has 38 heavy (non-hydrogen) atoms. The van der Waals surface area contributed by atoms with E-state index in [9.17, 15) is 14.7 Å². The molecule has 4 rings (SSSR count). The molecule has 7 heteroatoms. The maximum atomic E-state index is 13.0. The summed E-state index contributed by atoms with van der Waals surface area (Å²) >= 11 is 0. The molecule has 2 aliphatic heterocycles. The number of benzene rings is 2. The highest BCUT2D eigenvalue weighted by Gasteiger charge is 2.40. The standard InChI is InChI=1S/C31H44N4O3/c1-28(2)16-24(17-29(3,4)34-28)32-26(36)22-12-8-20(9-13-22)21-10-14-23(15-11-21)27(37)33-25-18-30(5,6)35-31(7,38)19-25/h8-15,24-25,34-35,38H,16-19H2,1-7H3,(H,32,36)(H,33,37). The lowest BCUT2D eigenvalue weighted by Gasteiger charge is -2.46. The first-order valence-electron chi connectivity index (χ1n) is 13.6.